The zero-order valence-corrected chi connectivity index (χ0v) is 11.8. The van der Waals surface area contributed by atoms with E-state index < -0.39 is 4.92 Å². The maximum absolute atomic E-state index is 11.1. The van der Waals surface area contributed by atoms with Crippen molar-refractivity contribution in [2.45, 2.75) is 18.9 Å². The van der Waals surface area contributed by atoms with Crippen molar-refractivity contribution >= 4 is 23.1 Å². The zero-order chi connectivity index (χ0) is 14.8. The molecule has 0 unspecified atom stereocenters. The molecule has 0 aromatic carbocycles. The lowest BCUT2D eigenvalue weighted by Crippen LogP contribution is -2.15. The van der Waals surface area contributed by atoms with Gasteiger partial charge >= 0.3 is 5.69 Å². The molecule has 1 saturated carbocycles. The Labute approximate surface area is 126 Å². The molecular formula is C14H13ClN4O2. The van der Waals surface area contributed by atoms with E-state index in [1.54, 1.807) is 12.4 Å². The number of nitrogens with zero attached hydrogens (tertiary/aromatic N) is 3. The SMILES string of the molecule is O=[N+]([O-])c1cc(Cl)cnc1N[C@@H](c1cccnc1)C1CC1. The molecule has 0 saturated heterocycles. The number of nitro groups is 1. The Morgan fingerprint density at radius 3 is 2.86 bits per heavy atom. The highest BCUT2D eigenvalue weighted by molar-refractivity contribution is 6.30. The second-order valence-electron chi connectivity index (χ2n) is 5.02. The quantitative estimate of drug-likeness (QED) is 0.674. The average Bonchev–Trinajstić information content (AvgIpc) is 3.31. The minimum Gasteiger partial charge on any atom is -0.357 e. The van der Waals surface area contributed by atoms with Crippen LogP contribution in [-0.2, 0) is 0 Å². The van der Waals surface area contributed by atoms with Crippen molar-refractivity contribution in [3.63, 3.8) is 0 Å². The highest BCUT2D eigenvalue weighted by Crippen LogP contribution is 2.43. The van der Waals surface area contributed by atoms with Crippen molar-refractivity contribution in [1.82, 2.24) is 9.97 Å². The lowest BCUT2D eigenvalue weighted by molar-refractivity contribution is -0.384. The molecule has 6 nitrogen and oxygen atoms in total. The number of rotatable bonds is 5. The zero-order valence-electron chi connectivity index (χ0n) is 11.1. The van der Waals surface area contributed by atoms with E-state index in [1.165, 1.54) is 12.3 Å². The summed E-state index contributed by atoms with van der Waals surface area (Å²) in [6, 6.07) is 5.11. The number of nitrogens with one attached hydrogen (secondary N) is 1. The van der Waals surface area contributed by atoms with E-state index in [2.05, 4.69) is 15.3 Å². The van der Waals surface area contributed by atoms with Crippen LogP contribution in [0.25, 0.3) is 0 Å². The first kappa shape index (κ1) is 13.8. The van der Waals surface area contributed by atoms with Crippen LogP contribution in [0.15, 0.2) is 36.8 Å². The van der Waals surface area contributed by atoms with E-state index in [0.717, 1.165) is 18.4 Å². The van der Waals surface area contributed by atoms with Crippen LogP contribution in [0.2, 0.25) is 5.02 Å². The standard InChI is InChI=1S/C14H13ClN4O2/c15-11-6-12(19(20)21)14(17-8-11)18-13(9-3-4-9)10-2-1-5-16-7-10/h1-2,5-9,13H,3-4H2,(H,17,18)/t13-/m1/s1. The molecule has 2 aromatic heterocycles. The van der Waals surface area contributed by atoms with Crippen molar-refractivity contribution in [1.29, 1.82) is 0 Å². The summed E-state index contributed by atoms with van der Waals surface area (Å²) in [6.45, 7) is 0. The van der Waals surface area contributed by atoms with E-state index in [-0.39, 0.29) is 22.6 Å². The average molecular weight is 305 g/mol. The third-order valence-electron chi connectivity index (χ3n) is 3.46. The topological polar surface area (TPSA) is 81.0 Å². The maximum Gasteiger partial charge on any atom is 0.312 e. The fourth-order valence-electron chi connectivity index (χ4n) is 2.29. The first-order valence-corrected chi connectivity index (χ1v) is 6.99. The predicted octanol–water partition coefficient (Wildman–Crippen LogP) is 3.60. The second kappa shape index (κ2) is 5.65. The van der Waals surface area contributed by atoms with Gasteiger partial charge in [-0.2, -0.15) is 0 Å². The number of aromatic nitrogens is 2. The first-order chi connectivity index (χ1) is 10.1. The summed E-state index contributed by atoms with van der Waals surface area (Å²) in [5.41, 5.74) is 0.892. The number of halogens is 1. The Morgan fingerprint density at radius 1 is 1.43 bits per heavy atom. The van der Waals surface area contributed by atoms with Gasteiger partial charge in [0.05, 0.1) is 16.0 Å². The molecule has 2 aromatic rings. The predicted molar refractivity (Wildman–Crippen MR) is 79.2 cm³/mol. The molecule has 0 bridgehead atoms. The second-order valence-corrected chi connectivity index (χ2v) is 5.46. The minimum atomic E-state index is -0.478. The molecule has 7 heteroatoms. The fraction of sp³-hybridized carbons (Fsp3) is 0.286. The molecule has 108 valence electrons. The number of anilines is 1. The molecule has 0 spiro atoms. The van der Waals surface area contributed by atoms with Crippen LogP contribution in [0.4, 0.5) is 11.5 Å². The molecule has 0 radical (unpaired) electrons. The molecule has 0 aliphatic heterocycles. The van der Waals surface area contributed by atoms with Crippen LogP contribution < -0.4 is 5.32 Å². The van der Waals surface area contributed by atoms with Crippen LogP contribution in [0.3, 0.4) is 0 Å². The van der Waals surface area contributed by atoms with E-state index in [0.29, 0.717) is 5.92 Å². The van der Waals surface area contributed by atoms with Gasteiger partial charge in [0.15, 0.2) is 0 Å². The van der Waals surface area contributed by atoms with E-state index in [4.69, 9.17) is 11.6 Å². The minimum absolute atomic E-state index is 0.0222. The van der Waals surface area contributed by atoms with Gasteiger partial charge in [-0.1, -0.05) is 17.7 Å². The van der Waals surface area contributed by atoms with Gasteiger partial charge in [0.25, 0.3) is 0 Å². The molecule has 1 fully saturated rings. The molecule has 3 rings (SSSR count). The van der Waals surface area contributed by atoms with Crippen LogP contribution in [0, 0.1) is 16.0 Å². The molecule has 1 aliphatic rings. The summed E-state index contributed by atoms with van der Waals surface area (Å²) in [5, 5.41) is 14.6. The van der Waals surface area contributed by atoms with Crippen molar-refractivity contribution in [2.75, 3.05) is 5.32 Å². The van der Waals surface area contributed by atoms with Gasteiger partial charge in [-0.15, -0.1) is 0 Å². The van der Waals surface area contributed by atoms with Gasteiger partial charge in [0, 0.05) is 24.7 Å². The fourth-order valence-corrected chi connectivity index (χ4v) is 2.44. The summed E-state index contributed by atoms with van der Waals surface area (Å²) in [5.74, 6) is 0.691. The lowest BCUT2D eigenvalue weighted by atomic mass is 10.0. The lowest BCUT2D eigenvalue weighted by Gasteiger charge is -2.18. The van der Waals surface area contributed by atoms with E-state index in [9.17, 15) is 10.1 Å². The van der Waals surface area contributed by atoms with Gasteiger partial charge < -0.3 is 5.32 Å². The Morgan fingerprint density at radius 2 is 2.24 bits per heavy atom. The third-order valence-corrected chi connectivity index (χ3v) is 3.67. The molecule has 1 atom stereocenters. The monoisotopic (exact) mass is 304 g/mol. The third kappa shape index (κ3) is 3.11. The van der Waals surface area contributed by atoms with Crippen LogP contribution in [-0.4, -0.2) is 14.9 Å². The summed E-state index contributed by atoms with van der Waals surface area (Å²) in [6.07, 6.45) is 7.07. The van der Waals surface area contributed by atoms with Gasteiger partial charge in [-0.25, -0.2) is 4.98 Å². The molecule has 21 heavy (non-hydrogen) atoms. The van der Waals surface area contributed by atoms with Gasteiger partial charge in [0.1, 0.15) is 0 Å². The van der Waals surface area contributed by atoms with Crippen LogP contribution >= 0.6 is 11.6 Å². The summed E-state index contributed by atoms with van der Waals surface area (Å²) in [4.78, 5) is 18.8. The summed E-state index contributed by atoms with van der Waals surface area (Å²) >= 11 is 5.78. The van der Waals surface area contributed by atoms with Gasteiger partial charge in [-0.3, -0.25) is 15.1 Å². The van der Waals surface area contributed by atoms with Gasteiger partial charge in [0.2, 0.25) is 5.82 Å². The van der Waals surface area contributed by atoms with Gasteiger partial charge in [-0.05, 0) is 30.4 Å². The van der Waals surface area contributed by atoms with E-state index >= 15 is 0 Å². The molecule has 1 N–H and O–H groups in total. The first-order valence-electron chi connectivity index (χ1n) is 6.61. The highest BCUT2D eigenvalue weighted by Gasteiger charge is 2.34. The smallest absolute Gasteiger partial charge is 0.312 e. The molecule has 2 heterocycles. The van der Waals surface area contributed by atoms with Crippen molar-refractivity contribution < 1.29 is 4.92 Å². The van der Waals surface area contributed by atoms with Crippen LogP contribution in [0.5, 0.6) is 0 Å². The Kier molecular flexibility index (Phi) is 3.70. The molecular weight excluding hydrogens is 292 g/mol. The summed E-state index contributed by atoms with van der Waals surface area (Å²) in [7, 11) is 0. The Bertz CT molecular complexity index is 661. The Balaban J connectivity index is 1.92. The van der Waals surface area contributed by atoms with Crippen molar-refractivity contribution in [3.8, 4) is 0 Å². The van der Waals surface area contributed by atoms with Crippen LogP contribution in [0.1, 0.15) is 24.4 Å². The number of hydrogen-bond acceptors (Lipinski definition) is 5. The maximum atomic E-state index is 11.1. The molecule has 1 aliphatic carbocycles. The summed E-state index contributed by atoms with van der Waals surface area (Å²) < 4.78 is 0. The normalized spacial score (nSPS) is 15.5. The Hall–Kier alpha value is -2.21. The van der Waals surface area contributed by atoms with E-state index in [1.807, 2.05) is 12.1 Å². The largest absolute Gasteiger partial charge is 0.357 e. The molecule has 0 amide bonds. The number of pyridine rings is 2. The van der Waals surface area contributed by atoms with Crippen molar-refractivity contribution in [2.24, 2.45) is 5.92 Å². The number of hydrogen-bond donors (Lipinski definition) is 1. The highest BCUT2D eigenvalue weighted by atomic mass is 35.5. The van der Waals surface area contributed by atoms with Crippen molar-refractivity contribution in [3.05, 3.63) is 57.5 Å².